The van der Waals surface area contributed by atoms with Crippen LogP contribution in [0.4, 0.5) is 11.4 Å². The van der Waals surface area contributed by atoms with E-state index >= 15 is 0 Å². The Hall–Kier alpha value is -2.82. The third-order valence-electron chi connectivity index (χ3n) is 4.90. The van der Waals surface area contributed by atoms with Gasteiger partial charge in [-0.15, -0.1) is 0 Å². The van der Waals surface area contributed by atoms with E-state index in [1.165, 1.54) is 0 Å². The molecule has 0 spiro atoms. The van der Waals surface area contributed by atoms with E-state index in [1.807, 2.05) is 53.4 Å². The fourth-order valence-corrected chi connectivity index (χ4v) is 3.33. The molecule has 0 atom stereocenters. The lowest BCUT2D eigenvalue weighted by atomic mass is 10.1. The first-order valence-electron chi connectivity index (χ1n) is 9.57. The zero-order chi connectivity index (χ0) is 19.2. The summed E-state index contributed by atoms with van der Waals surface area (Å²) in [7, 11) is 2.05. The van der Waals surface area contributed by atoms with Crippen LogP contribution in [0.3, 0.4) is 0 Å². The molecule has 0 aromatic heterocycles. The van der Waals surface area contributed by atoms with Crippen LogP contribution in [0.5, 0.6) is 0 Å². The number of amides is 2. The predicted molar refractivity (Wildman–Crippen MR) is 109 cm³/mol. The van der Waals surface area contributed by atoms with Gasteiger partial charge in [-0.05, 0) is 54.8 Å². The molecule has 27 heavy (non-hydrogen) atoms. The summed E-state index contributed by atoms with van der Waals surface area (Å²) in [4.78, 5) is 28.2. The average molecular weight is 365 g/mol. The minimum absolute atomic E-state index is 0.0847. The number of nitrogens with one attached hydrogen (secondary N) is 1. The fraction of sp³-hybridized carbons (Fsp3) is 0.364. The number of nitrogens with zero attached hydrogens (tertiary/aromatic N) is 2. The third kappa shape index (κ3) is 4.67. The highest BCUT2D eigenvalue weighted by atomic mass is 16.2. The molecule has 1 fully saturated rings. The van der Waals surface area contributed by atoms with Crippen LogP contribution in [-0.4, -0.2) is 32.0 Å². The summed E-state index contributed by atoms with van der Waals surface area (Å²) < 4.78 is 0. The van der Waals surface area contributed by atoms with Crippen LogP contribution < -0.4 is 15.1 Å². The van der Waals surface area contributed by atoms with Gasteiger partial charge in [0.25, 0.3) is 5.91 Å². The van der Waals surface area contributed by atoms with Gasteiger partial charge >= 0.3 is 0 Å². The average Bonchev–Trinajstić information content (AvgIpc) is 3.13. The van der Waals surface area contributed by atoms with Gasteiger partial charge in [-0.2, -0.15) is 0 Å². The molecule has 1 aliphatic heterocycles. The molecule has 2 amide bonds. The van der Waals surface area contributed by atoms with E-state index in [-0.39, 0.29) is 11.8 Å². The predicted octanol–water partition coefficient (Wildman–Crippen LogP) is 3.59. The van der Waals surface area contributed by atoms with Crippen LogP contribution in [-0.2, 0) is 11.3 Å². The van der Waals surface area contributed by atoms with E-state index in [1.54, 1.807) is 0 Å². The minimum Gasteiger partial charge on any atom is -0.375 e. The smallest absolute Gasteiger partial charge is 0.251 e. The Morgan fingerprint density at radius 3 is 2.41 bits per heavy atom. The Bertz CT molecular complexity index is 784. The first-order valence-corrected chi connectivity index (χ1v) is 9.57. The van der Waals surface area contributed by atoms with Gasteiger partial charge in [-0.1, -0.05) is 19.1 Å². The number of anilines is 2. The Labute approximate surface area is 161 Å². The number of hydrogen-bond donors (Lipinski definition) is 1. The van der Waals surface area contributed by atoms with E-state index in [2.05, 4.69) is 24.2 Å². The van der Waals surface area contributed by atoms with E-state index < -0.39 is 0 Å². The lowest BCUT2D eigenvalue weighted by Crippen LogP contribution is -2.24. The molecular weight excluding hydrogens is 338 g/mol. The lowest BCUT2D eigenvalue weighted by Gasteiger charge is -2.18. The topological polar surface area (TPSA) is 52.7 Å². The highest BCUT2D eigenvalue weighted by Gasteiger charge is 2.21. The second-order valence-corrected chi connectivity index (χ2v) is 6.97. The van der Waals surface area contributed by atoms with Gasteiger partial charge < -0.3 is 15.1 Å². The number of benzene rings is 2. The zero-order valence-electron chi connectivity index (χ0n) is 16.1. The molecule has 0 unspecified atom stereocenters. The normalized spacial score (nSPS) is 13.7. The first kappa shape index (κ1) is 19.0. The molecular formula is C22H27N3O2. The van der Waals surface area contributed by atoms with Gasteiger partial charge in [-0.25, -0.2) is 0 Å². The number of carbonyl (C=O) groups excluding carboxylic acids is 2. The number of hydrogen-bond acceptors (Lipinski definition) is 3. The lowest BCUT2D eigenvalue weighted by molar-refractivity contribution is -0.117. The maximum absolute atomic E-state index is 12.4. The maximum atomic E-state index is 12.4. The number of carbonyl (C=O) groups is 2. The minimum atomic E-state index is -0.0847. The van der Waals surface area contributed by atoms with Crippen molar-refractivity contribution in [2.45, 2.75) is 32.7 Å². The maximum Gasteiger partial charge on any atom is 0.251 e. The largest absolute Gasteiger partial charge is 0.375 e. The highest BCUT2D eigenvalue weighted by molar-refractivity contribution is 5.95. The summed E-state index contributed by atoms with van der Waals surface area (Å²) in [5.41, 5.74) is 3.71. The van der Waals surface area contributed by atoms with Crippen LogP contribution in [0.1, 0.15) is 42.1 Å². The molecule has 142 valence electrons. The van der Waals surface area contributed by atoms with Crippen LogP contribution in [0.25, 0.3) is 0 Å². The number of rotatable bonds is 7. The Morgan fingerprint density at radius 1 is 1.11 bits per heavy atom. The van der Waals surface area contributed by atoms with Gasteiger partial charge in [0.1, 0.15) is 0 Å². The van der Waals surface area contributed by atoms with Crippen molar-refractivity contribution in [3.8, 4) is 0 Å². The molecule has 5 heteroatoms. The van der Waals surface area contributed by atoms with Gasteiger partial charge in [0.2, 0.25) is 5.91 Å². The van der Waals surface area contributed by atoms with Crippen molar-refractivity contribution in [3.05, 3.63) is 59.7 Å². The van der Waals surface area contributed by atoms with E-state index in [0.717, 1.165) is 42.9 Å². The second kappa shape index (κ2) is 8.71. The first-order chi connectivity index (χ1) is 13.1. The molecule has 2 aromatic rings. The molecule has 1 N–H and O–H groups in total. The fourth-order valence-electron chi connectivity index (χ4n) is 3.33. The zero-order valence-corrected chi connectivity index (χ0v) is 16.1. The van der Waals surface area contributed by atoms with E-state index in [4.69, 9.17) is 0 Å². The summed E-state index contributed by atoms with van der Waals surface area (Å²) in [6, 6.07) is 15.5. The van der Waals surface area contributed by atoms with Crippen molar-refractivity contribution >= 4 is 23.2 Å². The molecule has 0 radical (unpaired) electrons. The summed E-state index contributed by atoms with van der Waals surface area (Å²) in [6.07, 6.45) is 2.64. The van der Waals surface area contributed by atoms with Gasteiger partial charge in [-0.3, -0.25) is 9.59 Å². The summed E-state index contributed by atoms with van der Waals surface area (Å²) in [5, 5.41) is 2.95. The molecule has 5 nitrogen and oxygen atoms in total. The summed E-state index contributed by atoms with van der Waals surface area (Å²) in [6.45, 7) is 4.39. The Morgan fingerprint density at radius 2 is 1.81 bits per heavy atom. The quantitative estimate of drug-likeness (QED) is 0.816. The van der Waals surface area contributed by atoms with Gasteiger partial charge in [0.05, 0.1) is 0 Å². The standard InChI is InChI=1S/C22H27N3O2/c1-3-14-24(2)19-12-8-18(9-13-19)22(27)23-16-17-6-10-20(11-7-17)25-15-4-5-21(25)26/h6-13H,3-5,14-16H2,1-2H3,(H,23,27). The Balaban J connectivity index is 1.55. The van der Waals surface area contributed by atoms with Gasteiger partial charge in [0, 0.05) is 50.0 Å². The molecule has 1 heterocycles. The van der Waals surface area contributed by atoms with Gasteiger partial charge in [0.15, 0.2) is 0 Å². The van der Waals surface area contributed by atoms with Crippen molar-refractivity contribution in [2.24, 2.45) is 0 Å². The molecule has 2 aromatic carbocycles. The third-order valence-corrected chi connectivity index (χ3v) is 4.90. The summed E-state index contributed by atoms with van der Waals surface area (Å²) >= 11 is 0. The van der Waals surface area contributed by atoms with Crippen molar-refractivity contribution in [1.82, 2.24) is 5.32 Å². The van der Waals surface area contributed by atoms with Crippen molar-refractivity contribution in [3.63, 3.8) is 0 Å². The van der Waals surface area contributed by atoms with E-state index in [0.29, 0.717) is 18.5 Å². The molecule has 1 aliphatic rings. The van der Waals surface area contributed by atoms with Crippen LogP contribution in [0.15, 0.2) is 48.5 Å². The molecule has 3 rings (SSSR count). The van der Waals surface area contributed by atoms with Crippen LogP contribution in [0, 0.1) is 0 Å². The monoisotopic (exact) mass is 365 g/mol. The van der Waals surface area contributed by atoms with Crippen LogP contribution >= 0.6 is 0 Å². The van der Waals surface area contributed by atoms with E-state index in [9.17, 15) is 9.59 Å². The highest BCUT2D eigenvalue weighted by Crippen LogP contribution is 2.21. The Kier molecular flexibility index (Phi) is 6.12. The molecule has 0 saturated carbocycles. The second-order valence-electron chi connectivity index (χ2n) is 6.97. The molecule has 1 saturated heterocycles. The molecule has 0 aliphatic carbocycles. The molecule has 0 bridgehead atoms. The summed E-state index contributed by atoms with van der Waals surface area (Å²) in [5.74, 6) is 0.0996. The van der Waals surface area contributed by atoms with Crippen LogP contribution in [0.2, 0.25) is 0 Å². The van der Waals surface area contributed by atoms with Crippen molar-refractivity contribution in [1.29, 1.82) is 0 Å². The van der Waals surface area contributed by atoms with Crippen molar-refractivity contribution in [2.75, 3.05) is 29.9 Å². The SMILES string of the molecule is CCCN(C)c1ccc(C(=O)NCc2ccc(N3CCCC3=O)cc2)cc1. The van der Waals surface area contributed by atoms with Crippen molar-refractivity contribution < 1.29 is 9.59 Å².